The molecule has 1 aliphatic rings. The molecule has 1 aromatic heterocycles. The second kappa shape index (κ2) is 9.65. The Morgan fingerprint density at radius 1 is 1.33 bits per heavy atom. The summed E-state index contributed by atoms with van der Waals surface area (Å²) in [7, 11) is 1.72. The van der Waals surface area contributed by atoms with Crippen molar-refractivity contribution in [2.45, 2.75) is 18.0 Å². The van der Waals surface area contributed by atoms with Crippen molar-refractivity contribution in [3.63, 3.8) is 0 Å². The van der Waals surface area contributed by atoms with Gasteiger partial charge in [0.1, 0.15) is 10.9 Å². The van der Waals surface area contributed by atoms with Gasteiger partial charge >= 0.3 is 0 Å². The first-order valence-corrected chi connectivity index (χ1v) is 9.95. The summed E-state index contributed by atoms with van der Waals surface area (Å²) in [5.41, 5.74) is 0.892. The van der Waals surface area contributed by atoms with Crippen molar-refractivity contribution in [2.75, 3.05) is 45.6 Å². The number of fused-ring (bicyclic) bond motifs is 1. The predicted octanol–water partition coefficient (Wildman–Crippen LogP) is 1.93. The van der Waals surface area contributed by atoms with E-state index < -0.39 is 0 Å². The van der Waals surface area contributed by atoms with Crippen LogP contribution in [0.4, 0.5) is 0 Å². The molecule has 142 valence electrons. The lowest BCUT2D eigenvalue weighted by molar-refractivity contribution is -0.127. The molecule has 27 heavy (non-hydrogen) atoms. The van der Waals surface area contributed by atoms with Crippen molar-refractivity contribution in [1.29, 1.82) is 5.26 Å². The highest BCUT2D eigenvalue weighted by Gasteiger charge is 2.16. The third-order valence-corrected chi connectivity index (χ3v) is 5.38. The molecule has 0 aliphatic carbocycles. The smallest absolute Gasteiger partial charge is 0.232 e. The van der Waals surface area contributed by atoms with Crippen LogP contribution in [-0.2, 0) is 16.1 Å². The Bertz CT molecular complexity index is 832. The first kappa shape index (κ1) is 19.5. The summed E-state index contributed by atoms with van der Waals surface area (Å²) in [5.74, 6) is 1.05. The number of nitrogens with zero attached hydrogens (tertiary/aromatic N) is 5. The largest absolute Gasteiger partial charge is 0.379 e. The summed E-state index contributed by atoms with van der Waals surface area (Å²) >= 11 is 1.43. The van der Waals surface area contributed by atoms with E-state index in [1.807, 2.05) is 24.3 Å². The molecule has 0 radical (unpaired) electrons. The molecule has 0 atom stereocenters. The fourth-order valence-corrected chi connectivity index (χ4v) is 3.79. The van der Waals surface area contributed by atoms with Gasteiger partial charge in [-0.25, -0.2) is 9.97 Å². The number of amides is 1. The number of hydrogen-bond acceptors (Lipinski definition) is 7. The topological polar surface area (TPSA) is 82.4 Å². The first-order chi connectivity index (χ1) is 13.2. The van der Waals surface area contributed by atoms with Crippen LogP contribution >= 0.6 is 11.8 Å². The molecular formula is C19H23N5O2S. The molecule has 0 spiro atoms. The monoisotopic (exact) mass is 385 g/mol. The second-order valence-electron chi connectivity index (χ2n) is 6.36. The van der Waals surface area contributed by atoms with E-state index in [0.29, 0.717) is 25.3 Å². The van der Waals surface area contributed by atoms with E-state index in [0.717, 1.165) is 48.1 Å². The molecule has 1 saturated heterocycles. The highest BCUT2D eigenvalue weighted by atomic mass is 32.2. The summed E-state index contributed by atoms with van der Waals surface area (Å²) in [6.07, 6.45) is 0.340. The lowest BCUT2D eigenvalue weighted by Gasteiger charge is -2.26. The van der Waals surface area contributed by atoms with Crippen molar-refractivity contribution < 1.29 is 9.53 Å². The fourth-order valence-electron chi connectivity index (χ4n) is 2.82. The Morgan fingerprint density at radius 2 is 2.11 bits per heavy atom. The maximum Gasteiger partial charge on any atom is 0.232 e. The SMILES string of the molecule is CN(CCC#N)C(=O)CSc1nc(CN2CCOCC2)nc2ccccc12. The van der Waals surface area contributed by atoms with Crippen molar-refractivity contribution in [2.24, 2.45) is 0 Å². The van der Waals surface area contributed by atoms with Crippen LogP contribution in [-0.4, -0.2) is 71.3 Å². The zero-order valence-corrected chi connectivity index (χ0v) is 16.2. The van der Waals surface area contributed by atoms with Gasteiger partial charge in [-0.15, -0.1) is 0 Å². The first-order valence-electron chi connectivity index (χ1n) is 8.97. The average molecular weight is 385 g/mol. The summed E-state index contributed by atoms with van der Waals surface area (Å²) in [4.78, 5) is 25.6. The number of hydrogen-bond donors (Lipinski definition) is 0. The normalized spacial score (nSPS) is 14.8. The lowest BCUT2D eigenvalue weighted by atomic mass is 10.2. The van der Waals surface area contributed by atoms with Gasteiger partial charge in [0.05, 0.1) is 43.5 Å². The number of para-hydroxylation sites is 1. The molecule has 8 heteroatoms. The van der Waals surface area contributed by atoms with E-state index in [1.165, 1.54) is 11.8 Å². The zero-order chi connectivity index (χ0) is 19.1. The van der Waals surface area contributed by atoms with Gasteiger partial charge < -0.3 is 9.64 Å². The fraction of sp³-hybridized carbons (Fsp3) is 0.474. The van der Waals surface area contributed by atoms with E-state index in [2.05, 4.69) is 11.0 Å². The second-order valence-corrected chi connectivity index (χ2v) is 7.33. The molecule has 7 nitrogen and oxygen atoms in total. The number of nitriles is 1. The Morgan fingerprint density at radius 3 is 2.89 bits per heavy atom. The number of carbonyl (C=O) groups is 1. The molecule has 0 bridgehead atoms. The quantitative estimate of drug-likeness (QED) is 0.532. The van der Waals surface area contributed by atoms with Crippen LogP contribution in [0.1, 0.15) is 12.2 Å². The van der Waals surface area contributed by atoms with E-state index in [1.54, 1.807) is 11.9 Å². The zero-order valence-electron chi connectivity index (χ0n) is 15.4. The maximum absolute atomic E-state index is 12.3. The summed E-state index contributed by atoms with van der Waals surface area (Å²) < 4.78 is 5.40. The van der Waals surface area contributed by atoms with E-state index in [9.17, 15) is 4.79 Å². The van der Waals surface area contributed by atoms with Crippen LogP contribution in [0, 0.1) is 11.3 Å². The number of thioether (sulfide) groups is 1. The van der Waals surface area contributed by atoms with Gasteiger partial charge in [-0.2, -0.15) is 5.26 Å². The van der Waals surface area contributed by atoms with Gasteiger partial charge in [-0.05, 0) is 6.07 Å². The molecule has 3 rings (SSSR count). The van der Waals surface area contributed by atoms with Gasteiger partial charge in [-0.3, -0.25) is 9.69 Å². The Balaban J connectivity index is 1.74. The molecule has 1 aromatic carbocycles. The molecule has 1 amide bonds. The third-order valence-electron chi connectivity index (χ3n) is 4.40. The van der Waals surface area contributed by atoms with Gasteiger partial charge in [0.25, 0.3) is 0 Å². The Hall–Kier alpha value is -2.21. The van der Waals surface area contributed by atoms with Crippen LogP contribution < -0.4 is 0 Å². The summed E-state index contributed by atoms with van der Waals surface area (Å²) in [6.45, 7) is 4.35. The number of carbonyl (C=O) groups excluding carboxylic acids is 1. The summed E-state index contributed by atoms with van der Waals surface area (Å²) in [6, 6.07) is 9.94. The molecule has 2 heterocycles. The van der Waals surface area contributed by atoms with Crippen molar-refractivity contribution in [3.8, 4) is 6.07 Å². The van der Waals surface area contributed by atoms with Crippen molar-refractivity contribution in [3.05, 3.63) is 30.1 Å². The Kier molecular flexibility index (Phi) is 6.98. The molecule has 2 aromatic rings. The minimum absolute atomic E-state index is 0.00678. The molecule has 1 fully saturated rings. The minimum Gasteiger partial charge on any atom is -0.379 e. The van der Waals surface area contributed by atoms with Crippen LogP contribution in [0.3, 0.4) is 0 Å². The summed E-state index contributed by atoms with van der Waals surface area (Å²) in [5, 5.41) is 10.5. The highest BCUT2D eigenvalue weighted by Crippen LogP contribution is 2.26. The molecular weight excluding hydrogens is 362 g/mol. The van der Waals surface area contributed by atoms with Gasteiger partial charge in [-0.1, -0.05) is 30.0 Å². The minimum atomic E-state index is -0.00678. The number of aromatic nitrogens is 2. The lowest BCUT2D eigenvalue weighted by Crippen LogP contribution is -2.36. The number of ether oxygens (including phenoxy) is 1. The van der Waals surface area contributed by atoms with Gasteiger partial charge in [0.2, 0.25) is 5.91 Å². The molecule has 0 saturated carbocycles. The number of rotatable bonds is 7. The van der Waals surface area contributed by atoms with Crippen molar-refractivity contribution >= 4 is 28.6 Å². The van der Waals surface area contributed by atoms with E-state index >= 15 is 0 Å². The molecule has 0 unspecified atom stereocenters. The Labute approximate surface area is 163 Å². The van der Waals surface area contributed by atoms with Crippen LogP contribution in [0.2, 0.25) is 0 Å². The highest BCUT2D eigenvalue weighted by molar-refractivity contribution is 8.00. The van der Waals surface area contributed by atoms with Crippen LogP contribution in [0.25, 0.3) is 10.9 Å². The predicted molar refractivity (Wildman–Crippen MR) is 104 cm³/mol. The van der Waals surface area contributed by atoms with Crippen LogP contribution in [0.15, 0.2) is 29.3 Å². The number of morpholine rings is 1. The van der Waals surface area contributed by atoms with Crippen LogP contribution in [0.5, 0.6) is 0 Å². The maximum atomic E-state index is 12.3. The third kappa shape index (κ3) is 5.39. The molecule has 0 N–H and O–H groups in total. The van der Waals surface area contributed by atoms with Gasteiger partial charge in [0.15, 0.2) is 0 Å². The van der Waals surface area contributed by atoms with Gasteiger partial charge in [0, 0.05) is 32.1 Å². The van der Waals surface area contributed by atoms with E-state index in [4.69, 9.17) is 20.0 Å². The van der Waals surface area contributed by atoms with Crippen molar-refractivity contribution in [1.82, 2.24) is 19.8 Å². The standard InChI is InChI=1S/C19H23N5O2S/c1-23(8-4-7-20)18(25)14-27-19-15-5-2-3-6-16(15)21-17(22-19)13-24-9-11-26-12-10-24/h2-3,5-6H,4,8-14H2,1H3. The molecule has 1 aliphatic heterocycles. The van der Waals surface area contributed by atoms with E-state index in [-0.39, 0.29) is 5.91 Å². The number of benzene rings is 1. The average Bonchev–Trinajstić information content (AvgIpc) is 2.70.